The topological polar surface area (TPSA) is 77.7 Å². The lowest BCUT2D eigenvalue weighted by atomic mass is 9.96. The minimum atomic E-state index is -0.513. The Morgan fingerprint density at radius 1 is 1.41 bits per heavy atom. The van der Waals surface area contributed by atoms with E-state index in [1.807, 2.05) is 40.9 Å². The fourth-order valence-electron chi connectivity index (χ4n) is 3.54. The number of amides is 1. The first-order valence-electron chi connectivity index (χ1n) is 10.9. The minimum Gasteiger partial charge on any atom is -0.444 e. The maximum atomic E-state index is 14.1. The van der Waals surface area contributed by atoms with Crippen molar-refractivity contribution < 1.29 is 23.2 Å². The van der Waals surface area contributed by atoms with E-state index in [2.05, 4.69) is 10.1 Å². The average molecular weight is 466 g/mol. The zero-order chi connectivity index (χ0) is 23.5. The third-order valence-corrected chi connectivity index (χ3v) is 6.13. The summed E-state index contributed by atoms with van der Waals surface area (Å²) in [6.45, 7) is 10.2. The van der Waals surface area contributed by atoms with E-state index in [0.717, 1.165) is 12.8 Å². The number of likely N-dealkylation sites (tertiary alicyclic amines) is 1. The van der Waals surface area contributed by atoms with E-state index in [9.17, 15) is 9.18 Å². The van der Waals surface area contributed by atoms with Gasteiger partial charge in [-0.05, 0) is 71.4 Å². The SMILES string of the molecule is CC[C@H](CC1CCN1C(=O)OC(C)(C)C)O[C@H](C)c1nc(-c2ccc(SC)c(F)c2)no1. The average Bonchev–Trinajstić information content (AvgIpc) is 3.18. The van der Waals surface area contributed by atoms with Crippen LogP contribution in [-0.4, -0.2) is 51.7 Å². The fourth-order valence-corrected chi connectivity index (χ4v) is 4.00. The molecule has 1 saturated heterocycles. The quantitative estimate of drug-likeness (QED) is 0.452. The molecule has 2 heterocycles. The van der Waals surface area contributed by atoms with Gasteiger partial charge in [0.05, 0.1) is 6.10 Å². The second-order valence-corrected chi connectivity index (χ2v) is 9.81. The standard InChI is InChI=1S/C23H32FN3O4S/c1-7-17(13-16-10-11-27(16)22(28)30-23(3,4)5)29-14(2)21-25-20(26-31-21)15-8-9-19(32-6)18(24)12-15/h8-9,12,14,16-17H,7,10-11,13H2,1-6H3/t14-,16?,17-/m1/s1. The van der Waals surface area contributed by atoms with Gasteiger partial charge < -0.3 is 18.9 Å². The molecule has 7 nitrogen and oxygen atoms in total. The van der Waals surface area contributed by atoms with Crippen molar-refractivity contribution in [3.05, 3.63) is 29.9 Å². The molecule has 9 heteroatoms. The van der Waals surface area contributed by atoms with Crippen LogP contribution in [0.25, 0.3) is 11.4 Å². The minimum absolute atomic E-state index is 0.0751. The zero-order valence-electron chi connectivity index (χ0n) is 19.6. The Morgan fingerprint density at radius 2 is 2.16 bits per heavy atom. The number of halogens is 1. The molecule has 2 aromatic rings. The molecule has 3 atom stereocenters. The Hall–Kier alpha value is -2.13. The number of thioether (sulfide) groups is 1. The lowest BCUT2D eigenvalue weighted by molar-refractivity contribution is -0.0546. The Balaban J connectivity index is 1.59. The maximum Gasteiger partial charge on any atom is 0.410 e. The van der Waals surface area contributed by atoms with Crippen LogP contribution in [-0.2, 0) is 9.47 Å². The van der Waals surface area contributed by atoms with Crippen molar-refractivity contribution in [1.82, 2.24) is 15.0 Å². The second-order valence-electron chi connectivity index (χ2n) is 8.97. The fraction of sp³-hybridized carbons (Fsp3) is 0.609. The van der Waals surface area contributed by atoms with Crippen LogP contribution < -0.4 is 0 Å². The van der Waals surface area contributed by atoms with E-state index in [1.165, 1.54) is 17.8 Å². The number of carbonyl (C=O) groups excluding carboxylic acids is 1. The molecular formula is C23H32FN3O4S. The summed E-state index contributed by atoms with van der Waals surface area (Å²) in [5.74, 6) is 0.349. The van der Waals surface area contributed by atoms with Crippen molar-refractivity contribution in [2.24, 2.45) is 0 Å². The van der Waals surface area contributed by atoms with Crippen LogP contribution in [0.1, 0.15) is 65.9 Å². The molecule has 0 radical (unpaired) electrons. The number of hydrogen-bond donors (Lipinski definition) is 0. The first-order valence-corrected chi connectivity index (χ1v) is 12.2. The molecular weight excluding hydrogens is 433 g/mol. The molecule has 1 aliphatic rings. The van der Waals surface area contributed by atoms with Gasteiger partial charge in [0.1, 0.15) is 17.5 Å². The summed E-state index contributed by atoms with van der Waals surface area (Å²) >= 11 is 1.34. The Morgan fingerprint density at radius 3 is 2.72 bits per heavy atom. The summed E-state index contributed by atoms with van der Waals surface area (Å²) < 4.78 is 31.1. The summed E-state index contributed by atoms with van der Waals surface area (Å²) in [7, 11) is 0. The molecule has 0 saturated carbocycles. The highest BCUT2D eigenvalue weighted by molar-refractivity contribution is 7.98. The molecule has 3 rings (SSSR count). The van der Waals surface area contributed by atoms with Crippen LogP contribution in [0.15, 0.2) is 27.6 Å². The number of nitrogens with zero attached hydrogens (tertiary/aromatic N) is 3. The Labute approximate surface area is 193 Å². The van der Waals surface area contributed by atoms with Gasteiger partial charge in [-0.3, -0.25) is 0 Å². The smallest absolute Gasteiger partial charge is 0.410 e. The van der Waals surface area contributed by atoms with Crippen LogP contribution in [0.5, 0.6) is 0 Å². The van der Waals surface area contributed by atoms with Gasteiger partial charge in [-0.15, -0.1) is 11.8 Å². The number of aromatic nitrogens is 2. The molecule has 0 N–H and O–H groups in total. The lowest BCUT2D eigenvalue weighted by Crippen LogP contribution is -2.53. The molecule has 1 unspecified atom stereocenters. The number of rotatable bonds is 8. The van der Waals surface area contributed by atoms with Crippen LogP contribution in [0.4, 0.5) is 9.18 Å². The zero-order valence-corrected chi connectivity index (χ0v) is 20.4. The molecule has 1 amide bonds. The van der Waals surface area contributed by atoms with E-state index >= 15 is 0 Å². The maximum absolute atomic E-state index is 14.1. The summed E-state index contributed by atoms with van der Waals surface area (Å²) in [6.07, 6.45) is 3.46. The molecule has 0 aliphatic carbocycles. The first-order chi connectivity index (χ1) is 15.1. The molecule has 1 fully saturated rings. The van der Waals surface area contributed by atoms with Gasteiger partial charge in [0.15, 0.2) is 0 Å². The van der Waals surface area contributed by atoms with Gasteiger partial charge in [-0.1, -0.05) is 12.1 Å². The van der Waals surface area contributed by atoms with Gasteiger partial charge in [-0.25, -0.2) is 9.18 Å². The van der Waals surface area contributed by atoms with Crippen molar-refractivity contribution in [1.29, 1.82) is 0 Å². The van der Waals surface area contributed by atoms with E-state index in [1.54, 1.807) is 17.0 Å². The van der Waals surface area contributed by atoms with Crippen LogP contribution in [0, 0.1) is 5.82 Å². The van der Waals surface area contributed by atoms with Gasteiger partial charge >= 0.3 is 6.09 Å². The van der Waals surface area contributed by atoms with Gasteiger partial charge in [-0.2, -0.15) is 4.98 Å². The molecule has 1 aromatic carbocycles. The van der Waals surface area contributed by atoms with Crippen LogP contribution in [0.3, 0.4) is 0 Å². The van der Waals surface area contributed by atoms with Crippen molar-refractivity contribution in [3.8, 4) is 11.4 Å². The molecule has 176 valence electrons. The first kappa shape index (κ1) is 24.5. The number of carbonyl (C=O) groups is 1. The second kappa shape index (κ2) is 10.2. The van der Waals surface area contributed by atoms with Gasteiger partial charge in [0.2, 0.25) is 5.82 Å². The highest BCUT2D eigenvalue weighted by atomic mass is 32.2. The molecule has 1 aromatic heterocycles. The normalized spacial score (nSPS) is 18.2. The van der Waals surface area contributed by atoms with E-state index in [-0.39, 0.29) is 24.1 Å². The van der Waals surface area contributed by atoms with Crippen molar-refractivity contribution >= 4 is 17.9 Å². The van der Waals surface area contributed by atoms with E-state index < -0.39 is 11.7 Å². The lowest BCUT2D eigenvalue weighted by Gasteiger charge is -2.42. The van der Waals surface area contributed by atoms with Crippen molar-refractivity contribution in [2.75, 3.05) is 12.8 Å². The van der Waals surface area contributed by atoms with Gasteiger partial charge in [0.25, 0.3) is 5.89 Å². The third-order valence-electron chi connectivity index (χ3n) is 5.36. The Kier molecular flexibility index (Phi) is 7.82. The summed E-state index contributed by atoms with van der Waals surface area (Å²) in [4.78, 5) is 19.1. The molecule has 0 bridgehead atoms. The summed E-state index contributed by atoms with van der Waals surface area (Å²) in [5.41, 5.74) is 0.0396. The molecule has 0 spiro atoms. The predicted octanol–water partition coefficient (Wildman–Crippen LogP) is 5.85. The third kappa shape index (κ3) is 6.01. The number of benzene rings is 1. The van der Waals surface area contributed by atoms with Crippen molar-refractivity contribution in [2.45, 2.75) is 82.6 Å². The van der Waals surface area contributed by atoms with E-state index in [0.29, 0.717) is 35.1 Å². The molecule has 32 heavy (non-hydrogen) atoms. The number of hydrogen-bond acceptors (Lipinski definition) is 7. The molecule has 1 aliphatic heterocycles. The monoisotopic (exact) mass is 465 g/mol. The predicted molar refractivity (Wildman–Crippen MR) is 121 cm³/mol. The van der Waals surface area contributed by atoms with Crippen LogP contribution in [0.2, 0.25) is 0 Å². The van der Waals surface area contributed by atoms with Crippen LogP contribution >= 0.6 is 11.8 Å². The summed E-state index contributed by atoms with van der Waals surface area (Å²) in [5, 5.41) is 3.99. The highest BCUT2D eigenvalue weighted by Gasteiger charge is 2.37. The van der Waals surface area contributed by atoms with E-state index in [4.69, 9.17) is 14.0 Å². The Bertz CT molecular complexity index is 930. The highest BCUT2D eigenvalue weighted by Crippen LogP contribution is 2.30. The van der Waals surface area contributed by atoms with Gasteiger partial charge in [0, 0.05) is 23.0 Å². The number of ether oxygens (including phenoxy) is 2. The van der Waals surface area contributed by atoms with Crippen molar-refractivity contribution in [3.63, 3.8) is 0 Å². The largest absolute Gasteiger partial charge is 0.444 e. The summed E-state index contributed by atoms with van der Waals surface area (Å²) in [6, 6.07) is 4.97.